The Morgan fingerprint density at radius 3 is 3.08 bits per heavy atom. The number of rotatable bonds is 0. The molecule has 1 nitrogen and oxygen atoms in total. The number of benzene rings is 1. The van der Waals surface area contributed by atoms with E-state index in [1.807, 2.05) is 6.07 Å². The zero-order chi connectivity index (χ0) is 8.55. The maximum Gasteiger partial charge on any atom is 0.127 e. The lowest BCUT2D eigenvalue weighted by atomic mass is 10.0. The second kappa shape index (κ2) is 3.07. The van der Waals surface area contributed by atoms with Gasteiger partial charge in [-0.25, -0.2) is 4.39 Å². The van der Waals surface area contributed by atoms with Crippen molar-refractivity contribution in [1.29, 1.82) is 0 Å². The van der Waals surface area contributed by atoms with Crippen molar-refractivity contribution >= 4 is 11.8 Å². The van der Waals surface area contributed by atoms with Gasteiger partial charge in [0, 0.05) is 23.1 Å². The smallest absolute Gasteiger partial charge is 0.127 e. The van der Waals surface area contributed by atoms with Crippen LogP contribution in [0.3, 0.4) is 0 Å². The molecule has 0 unspecified atom stereocenters. The molecule has 0 saturated carbocycles. The fourth-order valence-electron chi connectivity index (χ4n) is 1.45. The van der Waals surface area contributed by atoms with Gasteiger partial charge in [0.2, 0.25) is 0 Å². The Morgan fingerprint density at radius 2 is 2.33 bits per heavy atom. The van der Waals surface area contributed by atoms with Gasteiger partial charge in [-0.2, -0.15) is 11.8 Å². The minimum Gasteiger partial charge on any atom is -0.323 e. The monoisotopic (exact) mass is 183 g/mol. The Morgan fingerprint density at radius 1 is 1.50 bits per heavy atom. The van der Waals surface area contributed by atoms with Crippen LogP contribution in [0.1, 0.15) is 17.2 Å². The van der Waals surface area contributed by atoms with Gasteiger partial charge in [-0.05, 0) is 11.6 Å². The van der Waals surface area contributed by atoms with Crippen LogP contribution in [0.15, 0.2) is 18.2 Å². The third-order valence-electron chi connectivity index (χ3n) is 2.10. The van der Waals surface area contributed by atoms with Crippen LogP contribution in [0, 0.1) is 5.82 Å². The van der Waals surface area contributed by atoms with Crippen molar-refractivity contribution < 1.29 is 4.39 Å². The Balaban J connectivity index is 2.52. The number of hydrogen-bond donors (Lipinski definition) is 1. The molecular formula is C9H10FNS. The number of halogens is 1. The molecule has 0 radical (unpaired) electrons. The molecule has 0 bridgehead atoms. The second-order valence-corrected chi connectivity index (χ2v) is 3.96. The van der Waals surface area contributed by atoms with Crippen molar-refractivity contribution in [2.75, 3.05) is 5.75 Å². The van der Waals surface area contributed by atoms with Crippen LogP contribution in [0.4, 0.5) is 4.39 Å². The molecule has 1 aromatic rings. The van der Waals surface area contributed by atoms with Gasteiger partial charge < -0.3 is 5.73 Å². The highest BCUT2D eigenvalue weighted by molar-refractivity contribution is 7.98. The quantitative estimate of drug-likeness (QED) is 0.666. The van der Waals surface area contributed by atoms with Gasteiger partial charge in [-0.3, -0.25) is 0 Å². The molecule has 0 fully saturated rings. The molecule has 64 valence electrons. The van der Waals surface area contributed by atoms with E-state index in [1.54, 1.807) is 17.8 Å². The van der Waals surface area contributed by atoms with E-state index in [0.717, 1.165) is 22.6 Å². The highest BCUT2D eigenvalue weighted by atomic mass is 32.2. The average molecular weight is 183 g/mol. The number of fused-ring (bicyclic) bond motifs is 1. The summed E-state index contributed by atoms with van der Waals surface area (Å²) >= 11 is 1.69. The summed E-state index contributed by atoms with van der Waals surface area (Å²) in [6.45, 7) is 0. The van der Waals surface area contributed by atoms with Crippen molar-refractivity contribution in [3.05, 3.63) is 35.1 Å². The Kier molecular flexibility index (Phi) is 2.07. The number of hydrogen-bond acceptors (Lipinski definition) is 2. The minimum atomic E-state index is -0.116. The molecule has 1 atom stereocenters. The summed E-state index contributed by atoms with van der Waals surface area (Å²) in [5, 5.41) is 0. The molecule has 0 aromatic heterocycles. The molecule has 3 heteroatoms. The third kappa shape index (κ3) is 1.23. The maximum absolute atomic E-state index is 13.2. The fourth-order valence-corrected chi connectivity index (χ4v) is 2.51. The Bertz CT molecular complexity index is 301. The summed E-state index contributed by atoms with van der Waals surface area (Å²) in [5.41, 5.74) is 7.60. The van der Waals surface area contributed by atoms with E-state index < -0.39 is 0 Å². The Hall–Kier alpha value is -0.540. The SMILES string of the molecule is N[C@@H]1CSCc2c(F)cccc21. The lowest BCUT2D eigenvalue weighted by Gasteiger charge is -2.21. The molecule has 0 saturated heterocycles. The Labute approximate surface area is 75.1 Å². The average Bonchev–Trinajstić information content (AvgIpc) is 2.07. The van der Waals surface area contributed by atoms with Crippen molar-refractivity contribution in [1.82, 2.24) is 0 Å². The van der Waals surface area contributed by atoms with Crippen molar-refractivity contribution in [2.45, 2.75) is 11.8 Å². The van der Waals surface area contributed by atoms with Crippen LogP contribution in [-0.2, 0) is 5.75 Å². The molecule has 1 aliphatic heterocycles. The van der Waals surface area contributed by atoms with Crippen LogP contribution in [-0.4, -0.2) is 5.75 Å². The largest absolute Gasteiger partial charge is 0.323 e. The molecule has 0 spiro atoms. The van der Waals surface area contributed by atoms with Crippen molar-refractivity contribution in [3.8, 4) is 0 Å². The summed E-state index contributed by atoms with van der Waals surface area (Å²) in [5.74, 6) is 1.54. The van der Waals surface area contributed by atoms with E-state index in [-0.39, 0.29) is 11.9 Å². The van der Waals surface area contributed by atoms with Gasteiger partial charge in [0.15, 0.2) is 0 Å². The topological polar surface area (TPSA) is 26.0 Å². The molecular weight excluding hydrogens is 173 g/mol. The van der Waals surface area contributed by atoms with Gasteiger partial charge in [0.05, 0.1) is 0 Å². The summed E-state index contributed by atoms with van der Waals surface area (Å²) in [4.78, 5) is 0. The molecule has 0 aliphatic carbocycles. The highest BCUT2D eigenvalue weighted by Crippen LogP contribution is 2.31. The summed E-state index contributed by atoms with van der Waals surface area (Å²) in [7, 11) is 0. The van der Waals surface area contributed by atoms with Gasteiger partial charge in [0.1, 0.15) is 5.82 Å². The summed E-state index contributed by atoms with van der Waals surface area (Å²) < 4.78 is 13.2. The molecule has 2 N–H and O–H groups in total. The third-order valence-corrected chi connectivity index (χ3v) is 3.19. The van der Waals surface area contributed by atoms with Gasteiger partial charge in [0.25, 0.3) is 0 Å². The standard InChI is InChI=1S/C9H10FNS/c10-8-3-1-2-6-7(8)4-12-5-9(6)11/h1-3,9H,4-5,11H2/t9-/m1/s1. The normalized spacial score (nSPS) is 22.0. The first-order valence-electron chi connectivity index (χ1n) is 3.89. The van der Waals surface area contributed by atoms with E-state index in [9.17, 15) is 4.39 Å². The van der Waals surface area contributed by atoms with Crippen LogP contribution < -0.4 is 5.73 Å². The predicted octanol–water partition coefficient (Wildman–Crippen LogP) is 2.07. The van der Waals surface area contributed by atoms with Crippen LogP contribution in [0.25, 0.3) is 0 Å². The first kappa shape index (κ1) is 8.08. The predicted molar refractivity (Wildman–Crippen MR) is 49.5 cm³/mol. The number of thioether (sulfide) groups is 1. The maximum atomic E-state index is 13.2. The lowest BCUT2D eigenvalue weighted by Crippen LogP contribution is -2.19. The molecule has 1 aliphatic rings. The second-order valence-electron chi connectivity index (χ2n) is 2.93. The summed E-state index contributed by atoms with van der Waals surface area (Å²) in [6.07, 6.45) is 0. The summed E-state index contributed by atoms with van der Waals surface area (Å²) in [6, 6.07) is 5.15. The molecule has 1 heterocycles. The lowest BCUT2D eigenvalue weighted by molar-refractivity contribution is 0.608. The van der Waals surface area contributed by atoms with Crippen molar-refractivity contribution in [2.24, 2.45) is 5.73 Å². The molecule has 2 rings (SSSR count). The first-order valence-corrected chi connectivity index (χ1v) is 5.05. The van der Waals surface area contributed by atoms with E-state index in [0.29, 0.717) is 0 Å². The fraction of sp³-hybridized carbons (Fsp3) is 0.333. The van der Waals surface area contributed by atoms with E-state index in [1.165, 1.54) is 6.07 Å². The zero-order valence-electron chi connectivity index (χ0n) is 6.59. The van der Waals surface area contributed by atoms with Crippen LogP contribution in [0.5, 0.6) is 0 Å². The first-order chi connectivity index (χ1) is 5.79. The van der Waals surface area contributed by atoms with Gasteiger partial charge >= 0.3 is 0 Å². The molecule has 1 aromatic carbocycles. The zero-order valence-corrected chi connectivity index (χ0v) is 7.40. The minimum absolute atomic E-state index is 0.00875. The van der Waals surface area contributed by atoms with E-state index in [2.05, 4.69) is 0 Å². The van der Waals surface area contributed by atoms with Crippen molar-refractivity contribution in [3.63, 3.8) is 0 Å². The van der Waals surface area contributed by atoms with Gasteiger partial charge in [-0.15, -0.1) is 0 Å². The van der Waals surface area contributed by atoms with Crippen LogP contribution >= 0.6 is 11.8 Å². The van der Waals surface area contributed by atoms with E-state index in [4.69, 9.17) is 5.73 Å². The molecule has 12 heavy (non-hydrogen) atoms. The van der Waals surface area contributed by atoms with Gasteiger partial charge in [-0.1, -0.05) is 12.1 Å². The highest BCUT2D eigenvalue weighted by Gasteiger charge is 2.19. The molecule has 0 amide bonds. The van der Waals surface area contributed by atoms with Crippen LogP contribution in [0.2, 0.25) is 0 Å². The number of nitrogens with two attached hydrogens (primary N) is 1. The van der Waals surface area contributed by atoms with E-state index >= 15 is 0 Å².